The summed E-state index contributed by atoms with van der Waals surface area (Å²) in [5, 5.41) is 1.13. The summed E-state index contributed by atoms with van der Waals surface area (Å²) < 4.78 is 11.9. The first kappa shape index (κ1) is 11.5. The lowest BCUT2D eigenvalue weighted by atomic mass is 9.83. The van der Waals surface area contributed by atoms with Crippen molar-refractivity contribution in [1.29, 1.82) is 0 Å². The fourth-order valence-corrected chi connectivity index (χ4v) is 3.60. The quantitative estimate of drug-likeness (QED) is 0.656. The molecule has 19 heavy (non-hydrogen) atoms. The predicted octanol–water partition coefficient (Wildman–Crippen LogP) is 2.50. The Morgan fingerprint density at radius 2 is 2.16 bits per heavy atom. The van der Waals surface area contributed by atoms with Crippen LogP contribution in [0.4, 0.5) is 0 Å². The zero-order valence-corrected chi connectivity index (χ0v) is 10.7. The van der Waals surface area contributed by atoms with Crippen LogP contribution in [0.1, 0.15) is 31.1 Å². The van der Waals surface area contributed by atoms with Gasteiger partial charge in [-0.1, -0.05) is 18.2 Å². The second-order valence-corrected chi connectivity index (χ2v) is 5.60. The normalized spacial score (nSPS) is 31.1. The van der Waals surface area contributed by atoms with E-state index in [0.717, 1.165) is 29.6 Å². The highest BCUT2D eigenvalue weighted by Crippen LogP contribution is 2.45. The number of nitrogens with one attached hydrogen (secondary N) is 1. The molecule has 2 aliphatic heterocycles. The maximum absolute atomic E-state index is 5.94. The van der Waals surface area contributed by atoms with E-state index in [4.69, 9.17) is 15.0 Å². The van der Waals surface area contributed by atoms with E-state index in [1.807, 2.05) is 18.2 Å². The minimum Gasteiger partial charge on any atom is -0.459 e. The number of para-hydroxylation sites is 1. The Morgan fingerprint density at radius 3 is 2.84 bits per heavy atom. The summed E-state index contributed by atoms with van der Waals surface area (Å²) in [6.07, 6.45) is 4.18. The molecule has 0 saturated carbocycles. The third-order valence-corrected chi connectivity index (χ3v) is 4.51. The highest BCUT2D eigenvalue weighted by Gasteiger charge is 2.45. The van der Waals surface area contributed by atoms with Crippen molar-refractivity contribution in [3.8, 4) is 0 Å². The van der Waals surface area contributed by atoms with Crippen LogP contribution in [0.25, 0.3) is 11.0 Å². The number of hydrazine groups is 1. The summed E-state index contributed by atoms with van der Waals surface area (Å²) in [4.78, 5) is 0. The number of hydrogen-bond donors (Lipinski definition) is 2. The molecule has 0 radical (unpaired) electrons. The Balaban J connectivity index is 1.68. The predicted molar refractivity (Wildman–Crippen MR) is 72.3 cm³/mol. The first-order valence-electron chi connectivity index (χ1n) is 6.95. The van der Waals surface area contributed by atoms with Crippen molar-refractivity contribution < 1.29 is 9.15 Å². The molecule has 4 heteroatoms. The summed E-state index contributed by atoms with van der Waals surface area (Å²) in [5.74, 6) is 7.11. The number of furan rings is 1. The maximum atomic E-state index is 5.94. The van der Waals surface area contributed by atoms with Gasteiger partial charge >= 0.3 is 0 Å². The van der Waals surface area contributed by atoms with E-state index in [0.29, 0.717) is 18.1 Å². The van der Waals surface area contributed by atoms with Crippen LogP contribution in [-0.2, 0) is 4.74 Å². The molecule has 2 aromatic rings. The van der Waals surface area contributed by atoms with Gasteiger partial charge in [-0.15, -0.1) is 0 Å². The highest BCUT2D eigenvalue weighted by molar-refractivity contribution is 5.77. The molecule has 4 nitrogen and oxygen atoms in total. The van der Waals surface area contributed by atoms with Crippen molar-refractivity contribution in [3.63, 3.8) is 0 Å². The van der Waals surface area contributed by atoms with E-state index >= 15 is 0 Å². The average Bonchev–Trinajstić information content (AvgIpc) is 3.13. The number of nitrogens with two attached hydrogens (primary N) is 1. The molecular weight excluding hydrogens is 240 g/mol. The molecule has 2 bridgehead atoms. The van der Waals surface area contributed by atoms with Crippen LogP contribution < -0.4 is 11.3 Å². The van der Waals surface area contributed by atoms with Gasteiger partial charge in [-0.2, -0.15) is 0 Å². The summed E-state index contributed by atoms with van der Waals surface area (Å²) >= 11 is 0. The molecule has 3 N–H and O–H groups in total. The van der Waals surface area contributed by atoms with Crippen molar-refractivity contribution in [1.82, 2.24) is 5.43 Å². The lowest BCUT2D eigenvalue weighted by Crippen LogP contribution is -2.37. The zero-order valence-electron chi connectivity index (χ0n) is 10.7. The lowest BCUT2D eigenvalue weighted by Gasteiger charge is -2.26. The Labute approximate surface area is 111 Å². The third-order valence-electron chi connectivity index (χ3n) is 4.51. The van der Waals surface area contributed by atoms with Gasteiger partial charge in [0.1, 0.15) is 11.3 Å². The van der Waals surface area contributed by atoms with Crippen molar-refractivity contribution in [2.24, 2.45) is 11.8 Å². The van der Waals surface area contributed by atoms with Gasteiger partial charge in [-0.25, -0.2) is 5.43 Å². The van der Waals surface area contributed by atoms with Crippen LogP contribution in [0.5, 0.6) is 0 Å². The molecule has 4 atom stereocenters. The van der Waals surface area contributed by atoms with Crippen LogP contribution in [-0.4, -0.2) is 12.2 Å². The van der Waals surface area contributed by atoms with Crippen LogP contribution in [0, 0.1) is 5.92 Å². The van der Waals surface area contributed by atoms with Crippen molar-refractivity contribution >= 4 is 11.0 Å². The van der Waals surface area contributed by atoms with E-state index in [1.165, 1.54) is 6.42 Å². The zero-order chi connectivity index (χ0) is 12.8. The number of rotatable bonds is 3. The molecule has 3 heterocycles. The van der Waals surface area contributed by atoms with Crippen LogP contribution >= 0.6 is 0 Å². The monoisotopic (exact) mass is 258 g/mol. The topological polar surface area (TPSA) is 60.4 Å². The number of benzene rings is 1. The van der Waals surface area contributed by atoms with Gasteiger partial charge in [0.25, 0.3) is 0 Å². The van der Waals surface area contributed by atoms with E-state index < -0.39 is 0 Å². The largest absolute Gasteiger partial charge is 0.459 e. The van der Waals surface area contributed by atoms with Crippen molar-refractivity contribution in [3.05, 3.63) is 36.1 Å². The Bertz CT molecular complexity index is 562. The van der Waals surface area contributed by atoms with E-state index in [9.17, 15) is 0 Å². The van der Waals surface area contributed by atoms with Gasteiger partial charge in [0, 0.05) is 11.3 Å². The molecule has 1 aromatic carbocycles. The van der Waals surface area contributed by atoms with Crippen LogP contribution in [0.15, 0.2) is 34.7 Å². The summed E-state index contributed by atoms with van der Waals surface area (Å²) in [6.45, 7) is 0. The minimum atomic E-state index is 0.0442. The summed E-state index contributed by atoms with van der Waals surface area (Å²) in [5.41, 5.74) is 3.85. The average molecular weight is 258 g/mol. The molecule has 4 unspecified atom stereocenters. The molecule has 2 aliphatic rings. The minimum absolute atomic E-state index is 0.0442. The van der Waals surface area contributed by atoms with Gasteiger partial charge < -0.3 is 9.15 Å². The molecule has 100 valence electrons. The number of fused-ring (bicyclic) bond motifs is 3. The second-order valence-electron chi connectivity index (χ2n) is 5.60. The summed E-state index contributed by atoms with van der Waals surface area (Å²) in [7, 11) is 0. The number of ether oxygens (including phenoxy) is 1. The molecule has 2 saturated heterocycles. The third kappa shape index (κ3) is 1.79. The number of hydrogen-bond acceptors (Lipinski definition) is 4. The van der Waals surface area contributed by atoms with E-state index in [1.54, 1.807) is 0 Å². The van der Waals surface area contributed by atoms with Gasteiger partial charge in [0.15, 0.2) is 0 Å². The van der Waals surface area contributed by atoms with Crippen LogP contribution in [0.2, 0.25) is 0 Å². The van der Waals surface area contributed by atoms with Crippen LogP contribution in [0.3, 0.4) is 0 Å². The van der Waals surface area contributed by atoms with Gasteiger partial charge in [-0.05, 0) is 31.4 Å². The highest BCUT2D eigenvalue weighted by atomic mass is 16.5. The summed E-state index contributed by atoms with van der Waals surface area (Å²) in [6, 6.07) is 10.2. The van der Waals surface area contributed by atoms with Gasteiger partial charge in [0.05, 0.1) is 18.2 Å². The second kappa shape index (κ2) is 4.34. The standard InChI is InChI=1S/C15H18N2O2/c16-17-15(11-8-10-5-6-13(11)18-10)14-7-9-3-1-2-4-12(9)19-14/h1-4,7,10-11,13,15,17H,5-6,8,16H2. The fourth-order valence-electron chi connectivity index (χ4n) is 3.60. The molecular formula is C15H18N2O2. The maximum Gasteiger partial charge on any atom is 0.134 e. The smallest absolute Gasteiger partial charge is 0.134 e. The Hall–Kier alpha value is -1.36. The SMILES string of the molecule is NNC(c1cc2ccccc2o1)C1CC2CCC1O2. The van der Waals surface area contributed by atoms with Crippen molar-refractivity contribution in [2.45, 2.75) is 37.5 Å². The van der Waals surface area contributed by atoms with E-state index in [2.05, 4.69) is 17.6 Å². The lowest BCUT2D eigenvalue weighted by molar-refractivity contribution is 0.0838. The first-order chi connectivity index (χ1) is 9.35. The Kier molecular flexibility index (Phi) is 2.62. The molecule has 0 spiro atoms. The first-order valence-corrected chi connectivity index (χ1v) is 6.95. The molecule has 0 amide bonds. The molecule has 0 aliphatic carbocycles. The molecule has 2 fully saturated rings. The molecule has 1 aromatic heterocycles. The van der Waals surface area contributed by atoms with Crippen molar-refractivity contribution in [2.75, 3.05) is 0 Å². The fraction of sp³-hybridized carbons (Fsp3) is 0.467. The van der Waals surface area contributed by atoms with Gasteiger partial charge in [0.2, 0.25) is 0 Å². The van der Waals surface area contributed by atoms with E-state index in [-0.39, 0.29) is 6.04 Å². The Morgan fingerprint density at radius 1 is 1.26 bits per heavy atom. The van der Waals surface area contributed by atoms with Gasteiger partial charge in [-0.3, -0.25) is 5.84 Å². The molecule has 4 rings (SSSR count).